The Morgan fingerprint density at radius 1 is 0.929 bits per heavy atom. The Bertz CT molecular complexity index is 691. The highest BCUT2D eigenvalue weighted by Gasteiger charge is 2.60. The van der Waals surface area contributed by atoms with Gasteiger partial charge in [0.2, 0.25) is 0 Å². The number of allylic oxidation sites excluding steroid dienone is 6. The molecule has 0 aromatic rings. The first-order chi connectivity index (χ1) is 13.2. The Labute approximate surface area is 175 Å². The quantitative estimate of drug-likeness (QED) is 0.448. The topological polar surface area (TPSA) is 0 Å². The zero-order valence-corrected chi connectivity index (χ0v) is 19.5. The molecule has 2 fully saturated rings. The molecule has 0 bridgehead atoms. The second kappa shape index (κ2) is 7.17. The van der Waals surface area contributed by atoms with Crippen LogP contribution < -0.4 is 0 Å². The Morgan fingerprint density at radius 3 is 2.46 bits per heavy atom. The summed E-state index contributed by atoms with van der Waals surface area (Å²) in [6.07, 6.45) is 22.5. The molecule has 0 spiro atoms. The van der Waals surface area contributed by atoms with Crippen molar-refractivity contribution in [2.75, 3.05) is 0 Å². The molecule has 0 aromatic heterocycles. The number of hydrogen-bond donors (Lipinski definition) is 0. The maximum absolute atomic E-state index is 2.68. The summed E-state index contributed by atoms with van der Waals surface area (Å²) in [4.78, 5) is 0. The van der Waals surface area contributed by atoms with Crippen LogP contribution in [0.1, 0.15) is 99.3 Å². The minimum Gasteiger partial charge on any atom is -0.0842 e. The molecule has 0 nitrogen and oxygen atoms in total. The van der Waals surface area contributed by atoms with E-state index in [1.165, 1.54) is 57.8 Å². The number of rotatable bonds is 5. The SMILES string of the molecule is CC(C)CCC[C@@H](C)[C@H]1CC[C@H]2C3=CC=C4C=CCC[C@]4(C)[C@@]3(C)CC[C@]12C. The predicted octanol–water partition coefficient (Wildman–Crippen LogP) is 8.50. The highest BCUT2D eigenvalue weighted by molar-refractivity contribution is 5.46. The van der Waals surface area contributed by atoms with Gasteiger partial charge in [0.05, 0.1) is 0 Å². The third kappa shape index (κ3) is 2.92. The van der Waals surface area contributed by atoms with Gasteiger partial charge in [-0.25, -0.2) is 0 Å². The molecular formula is C28H44. The second-order valence-electron chi connectivity index (χ2n) is 11.9. The highest BCUT2D eigenvalue weighted by Crippen LogP contribution is 2.70. The molecule has 0 radical (unpaired) electrons. The molecule has 0 unspecified atom stereocenters. The summed E-state index contributed by atoms with van der Waals surface area (Å²) in [5.41, 5.74) is 4.70. The summed E-state index contributed by atoms with van der Waals surface area (Å²) in [6.45, 7) is 15.2. The van der Waals surface area contributed by atoms with Crippen LogP contribution in [0.2, 0.25) is 0 Å². The van der Waals surface area contributed by atoms with Crippen molar-refractivity contribution in [2.24, 2.45) is 39.9 Å². The average Bonchev–Trinajstić information content (AvgIpc) is 2.99. The van der Waals surface area contributed by atoms with Crippen molar-refractivity contribution in [1.82, 2.24) is 0 Å². The molecule has 0 heterocycles. The van der Waals surface area contributed by atoms with Crippen LogP contribution in [0.5, 0.6) is 0 Å². The van der Waals surface area contributed by atoms with E-state index in [-0.39, 0.29) is 0 Å². The van der Waals surface area contributed by atoms with Crippen LogP contribution >= 0.6 is 0 Å². The van der Waals surface area contributed by atoms with Gasteiger partial charge in [-0.2, -0.15) is 0 Å². The van der Waals surface area contributed by atoms with Gasteiger partial charge in [0.15, 0.2) is 0 Å². The van der Waals surface area contributed by atoms with Gasteiger partial charge in [0.1, 0.15) is 0 Å². The van der Waals surface area contributed by atoms with Crippen molar-refractivity contribution < 1.29 is 0 Å². The van der Waals surface area contributed by atoms with E-state index in [2.05, 4.69) is 65.8 Å². The Balaban J connectivity index is 1.59. The van der Waals surface area contributed by atoms with Crippen molar-refractivity contribution in [3.05, 3.63) is 35.5 Å². The van der Waals surface area contributed by atoms with E-state index in [9.17, 15) is 0 Å². The van der Waals surface area contributed by atoms with Gasteiger partial charge in [0.25, 0.3) is 0 Å². The molecule has 28 heavy (non-hydrogen) atoms. The fourth-order valence-corrected chi connectivity index (χ4v) is 7.99. The van der Waals surface area contributed by atoms with Crippen molar-refractivity contribution in [3.8, 4) is 0 Å². The van der Waals surface area contributed by atoms with Gasteiger partial charge in [-0.05, 0) is 78.6 Å². The first-order valence-electron chi connectivity index (χ1n) is 12.3. The monoisotopic (exact) mass is 380 g/mol. The fraction of sp³-hybridized carbons (Fsp3) is 0.786. The summed E-state index contributed by atoms with van der Waals surface area (Å²) >= 11 is 0. The summed E-state index contributed by atoms with van der Waals surface area (Å²) in [6, 6.07) is 0. The molecule has 6 atom stereocenters. The van der Waals surface area contributed by atoms with Gasteiger partial charge >= 0.3 is 0 Å². The Hall–Kier alpha value is -0.780. The third-order valence-electron chi connectivity index (χ3n) is 10.1. The Morgan fingerprint density at radius 2 is 1.71 bits per heavy atom. The van der Waals surface area contributed by atoms with E-state index < -0.39 is 0 Å². The lowest BCUT2D eigenvalue weighted by atomic mass is 9.44. The molecule has 156 valence electrons. The van der Waals surface area contributed by atoms with Crippen molar-refractivity contribution in [2.45, 2.75) is 99.3 Å². The zero-order chi connectivity index (χ0) is 20.2. The van der Waals surface area contributed by atoms with E-state index in [1.54, 1.807) is 5.57 Å². The van der Waals surface area contributed by atoms with Gasteiger partial charge in [0, 0.05) is 5.41 Å². The summed E-state index contributed by atoms with van der Waals surface area (Å²) in [5, 5.41) is 0. The smallest absolute Gasteiger partial charge is 0.00187 e. The van der Waals surface area contributed by atoms with Crippen LogP contribution in [0.15, 0.2) is 35.5 Å². The fourth-order valence-electron chi connectivity index (χ4n) is 7.99. The second-order valence-corrected chi connectivity index (χ2v) is 11.9. The third-order valence-corrected chi connectivity index (χ3v) is 10.1. The van der Waals surface area contributed by atoms with E-state index in [0.29, 0.717) is 16.2 Å². The number of fused-ring (bicyclic) bond motifs is 5. The van der Waals surface area contributed by atoms with Crippen molar-refractivity contribution >= 4 is 0 Å². The molecular weight excluding hydrogens is 336 g/mol. The predicted molar refractivity (Wildman–Crippen MR) is 122 cm³/mol. The zero-order valence-electron chi connectivity index (χ0n) is 19.5. The molecule has 0 heteroatoms. The normalized spacial score (nSPS) is 43.1. The van der Waals surface area contributed by atoms with Crippen molar-refractivity contribution in [3.63, 3.8) is 0 Å². The molecule has 0 aliphatic heterocycles. The molecule has 0 amide bonds. The van der Waals surface area contributed by atoms with E-state index in [0.717, 1.165) is 23.7 Å². The van der Waals surface area contributed by atoms with Gasteiger partial charge in [-0.3, -0.25) is 0 Å². The summed E-state index contributed by atoms with van der Waals surface area (Å²) in [5.74, 6) is 3.50. The highest BCUT2D eigenvalue weighted by atomic mass is 14.6. The summed E-state index contributed by atoms with van der Waals surface area (Å²) < 4.78 is 0. The van der Waals surface area contributed by atoms with Crippen LogP contribution in [-0.2, 0) is 0 Å². The molecule has 0 aromatic carbocycles. The van der Waals surface area contributed by atoms with Crippen LogP contribution in [0.25, 0.3) is 0 Å². The standard InChI is InChI=1S/C28H44/c1-20(2)10-9-11-21(3)23-15-16-24-25-14-13-22-12-7-8-17-27(22,5)28(25,6)19-18-26(23,24)4/h7,12-14,20-21,23-24H,8-11,15-19H2,1-6H3/t21-,23-,24+,26-,27+,28+/m1/s1. The van der Waals surface area contributed by atoms with Crippen LogP contribution in [0.3, 0.4) is 0 Å². The molecule has 4 aliphatic carbocycles. The average molecular weight is 381 g/mol. The van der Waals surface area contributed by atoms with E-state index >= 15 is 0 Å². The molecule has 0 N–H and O–H groups in total. The maximum Gasteiger partial charge on any atom is 0.00187 e. The van der Waals surface area contributed by atoms with E-state index in [4.69, 9.17) is 0 Å². The van der Waals surface area contributed by atoms with Crippen LogP contribution in [-0.4, -0.2) is 0 Å². The van der Waals surface area contributed by atoms with Gasteiger partial charge in [-0.15, -0.1) is 0 Å². The van der Waals surface area contributed by atoms with E-state index in [1.807, 2.05) is 5.57 Å². The van der Waals surface area contributed by atoms with Crippen LogP contribution in [0.4, 0.5) is 0 Å². The lowest BCUT2D eigenvalue weighted by Gasteiger charge is -2.60. The van der Waals surface area contributed by atoms with Gasteiger partial charge < -0.3 is 0 Å². The first kappa shape index (κ1) is 20.5. The molecule has 4 rings (SSSR count). The molecule has 4 aliphatic rings. The molecule has 2 saturated carbocycles. The lowest BCUT2D eigenvalue weighted by molar-refractivity contribution is 0.00484. The first-order valence-corrected chi connectivity index (χ1v) is 12.3. The number of hydrogen-bond acceptors (Lipinski definition) is 0. The van der Waals surface area contributed by atoms with Crippen molar-refractivity contribution in [1.29, 1.82) is 0 Å². The van der Waals surface area contributed by atoms with Crippen LogP contribution in [0, 0.1) is 39.9 Å². The Kier molecular flexibility index (Phi) is 5.25. The van der Waals surface area contributed by atoms with Gasteiger partial charge in [-0.1, -0.05) is 90.7 Å². The molecule has 0 saturated heterocycles. The largest absolute Gasteiger partial charge is 0.0842 e. The minimum absolute atomic E-state index is 0.355. The lowest BCUT2D eigenvalue weighted by Crippen LogP contribution is -2.51. The summed E-state index contributed by atoms with van der Waals surface area (Å²) in [7, 11) is 0. The maximum atomic E-state index is 2.68. The minimum atomic E-state index is 0.355.